The number of rotatable bonds is 6. The van der Waals surface area contributed by atoms with Crippen LogP contribution >= 0.6 is 0 Å². The molecule has 1 unspecified atom stereocenters. The lowest BCUT2D eigenvalue weighted by molar-refractivity contribution is 0.524. The average Bonchev–Trinajstić information content (AvgIpc) is 2.70. The zero-order valence-corrected chi connectivity index (χ0v) is 12.8. The minimum Gasteiger partial charge on any atom is -0.310 e. The minimum absolute atomic E-state index is 0.299. The molecule has 0 aliphatic rings. The number of hydrogen-bond donors (Lipinski definition) is 1. The summed E-state index contributed by atoms with van der Waals surface area (Å²) in [6.07, 6.45) is 5.84. The third kappa shape index (κ3) is 3.25. The van der Waals surface area contributed by atoms with Crippen LogP contribution in [0.2, 0.25) is 0 Å². The second-order valence-electron chi connectivity index (χ2n) is 5.28. The van der Waals surface area contributed by atoms with Crippen LogP contribution in [0.25, 0.3) is 0 Å². The molecule has 0 bridgehead atoms. The Morgan fingerprint density at radius 1 is 1.35 bits per heavy atom. The molecule has 20 heavy (non-hydrogen) atoms. The molecule has 0 amide bonds. The van der Waals surface area contributed by atoms with Crippen molar-refractivity contribution in [1.82, 2.24) is 20.1 Å². The molecule has 0 aromatic carbocycles. The summed E-state index contributed by atoms with van der Waals surface area (Å²) in [5, 5.41) is 8.19. The van der Waals surface area contributed by atoms with Gasteiger partial charge in [0.2, 0.25) is 0 Å². The van der Waals surface area contributed by atoms with Crippen molar-refractivity contribution in [3.8, 4) is 0 Å². The van der Waals surface area contributed by atoms with E-state index in [9.17, 15) is 0 Å². The topological polar surface area (TPSA) is 42.7 Å². The maximum Gasteiger partial charge on any atom is 0.0644 e. The molecule has 0 saturated carbocycles. The Balaban J connectivity index is 2.27. The Labute approximate surface area is 121 Å². The van der Waals surface area contributed by atoms with Gasteiger partial charge >= 0.3 is 0 Å². The minimum atomic E-state index is 0.299. The molecule has 2 rings (SSSR count). The van der Waals surface area contributed by atoms with Gasteiger partial charge in [0, 0.05) is 36.7 Å². The van der Waals surface area contributed by atoms with Crippen LogP contribution in [0.1, 0.15) is 41.9 Å². The maximum absolute atomic E-state index is 4.54. The van der Waals surface area contributed by atoms with Crippen molar-refractivity contribution in [3.05, 3.63) is 47.0 Å². The molecule has 0 spiro atoms. The van der Waals surface area contributed by atoms with Crippen molar-refractivity contribution in [1.29, 1.82) is 0 Å². The zero-order valence-electron chi connectivity index (χ0n) is 12.8. The van der Waals surface area contributed by atoms with Crippen molar-refractivity contribution < 1.29 is 0 Å². The third-order valence-corrected chi connectivity index (χ3v) is 3.72. The Hall–Kier alpha value is -1.68. The first-order valence-corrected chi connectivity index (χ1v) is 7.25. The van der Waals surface area contributed by atoms with E-state index in [1.54, 1.807) is 0 Å². The smallest absolute Gasteiger partial charge is 0.0644 e. The van der Waals surface area contributed by atoms with E-state index in [-0.39, 0.29) is 0 Å². The van der Waals surface area contributed by atoms with E-state index in [2.05, 4.69) is 42.2 Å². The molecule has 0 aliphatic heterocycles. The molecule has 2 aromatic rings. The number of nitrogens with one attached hydrogen (secondary N) is 1. The molecule has 0 aliphatic carbocycles. The fourth-order valence-electron chi connectivity index (χ4n) is 2.64. The highest BCUT2D eigenvalue weighted by Gasteiger charge is 2.20. The van der Waals surface area contributed by atoms with E-state index in [4.69, 9.17) is 0 Å². The number of aryl methyl sites for hydroxylation is 2. The van der Waals surface area contributed by atoms with Gasteiger partial charge in [0.25, 0.3) is 0 Å². The van der Waals surface area contributed by atoms with E-state index < -0.39 is 0 Å². The number of aromatic nitrogens is 3. The van der Waals surface area contributed by atoms with Crippen molar-refractivity contribution in [2.75, 3.05) is 6.54 Å². The van der Waals surface area contributed by atoms with Gasteiger partial charge in [-0.2, -0.15) is 5.10 Å². The Morgan fingerprint density at radius 3 is 2.70 bits per heavy atom. The van der Waals surface area contributed by atoms with Crippen LogP contribution in [0, 0.1) is 13.8 Å². The Morgan fingerprint density at radius 2 is 2.15 bits per heavy atom. The van der Waals surface area contributed by atoms with Crippen molar-refractivity contribution in [2.45, 2.75) is 39.7 Å². The predicted octanol–water partition coefficient (Wildman–Crippen LogP) is 2.72. The normalized spacial score (nSPS) is 12.6. The van der Waals surface area contributed by atoms with Crippen LogP contribution in [-0.2, 0) is 13.5 Å². The first-order valence-electron chi connectivity index (χ1n) is 7.25. The Bertz CT molecular complexity index is 545. The highest BCUT2D eigenvalue weighted by molar-refractivity contribution is 5.30. The molecule has 0 fully saturated rings. The molecular weight excluding hydrogens is 248 g/mol. The largest absolute Gasteiger partial charge is 0.310 e. The van der Waals surface area contributed by atoms with Crippen LogP contribution in [-0.4, -0.2) is 21.3 Å². The predicted molar refractivity (Wildman–Crippen MR) is 81.7 cm³/mol. The van der Waals surface area contributed by atoms with E-state index in [0.717, 1.165) is 25.1 Å². The lowest BCUT2D eigenvalue weighted by atomic mass is 9.98. The highest BCUT2D eigenvalue weighted by Crippen LogP contribution is 2.24. The van der Waals surface area contributed by atoms with E-state index in [1.165, 1.54) is 16.8 Å². The standard InChI is InChI=1S/C16H24N4/c1-5-8-18-15(10-14-7-6-9-17-11-14)16-12(2)19-20(4)13(16)3/h6-7,9,11,15,18H,5,8,10H2,1-4H3. The van der Waals surface area contributed by atoms with Crippen LogP contribution < -0.4 is 5.32 Å². The lowest BCUT2D eigenvalue weighted by Crippen LogP contribution is -2.25. The summed E-state index contributed by atoms with van der Waals surface area (Å²) in [6.45, 7) is 7.43. The van der Waals surface area contributed by atoms with Crippen LogP contribution in [0.4, 0.5) is 0 Å². The van der Waals surface area contributed by atoms with Gasteiger partial charge in [-0.05, 0) is 44.9 Å². The fraction of sp³-hybridized carbons (Fsp3) is 0.500. The fourth-order valence-corrected chi connectivity index (χ4v) is 2.64. The average molecular weight is 272 g/mol. The van der Waals surface area contributed by atoms with Gasteiger partial charge in [-0.25, -0.2) is 0 Å². The number of hydrogen-bond acceptors (Lipinski definition) is 3. The van der Waals surface area contributed by atoms with Crippen molar-refractivity contribution in [3.63, 3.8) is 0 Å². The zero-order chi connectivity index (χ0) is 14.5. The summed E-state index contributed by atoms with van der Waals surface area (Å²) >= 11 is 0. The second-order valence-corrected chi connectivity index (χ2v) is 5.28. The number of nitrogens with zero attached hydrogens (tertiary/aromatic N) is 3. The molecule has 0 saturated heterocycles. The summed E-state index contributed by atoms with van der Waals surface area (Å²) in [5.74, 6) is 0. The Kier molecular flexibility index (Phi) is 4.90. The molecule has 1 N–H and O–H groups in total. The first-order chi connectivity index (χ1) is 9.63. The van der Waals surface area contributed by atoms with E-state index in [0.29, 0.717) is 6.04 Å². The van der Waals surface area contributed by atoms with Gasteiger partial charge in [0.1, 0.15) is 0 Å². The lowest BCUT2D eigenvalue weighted by Gasteiger charge is -2.19. The molecule has 4 heteroatoms. The van der Waals surface area contributed by atoms with Gasteiger partial charge in [-0.15, -0.1) is 0 Å². The van der Waals surface area contributed by atoms with Gasteiger partial charge in [-0.3, -0.25) is 9.67 Å². The summed E-state index contributed by atoms with van der Waals surface area (Å²) in [4.78, 5) is 4.21. The molecular formula is C16H24N4. The molecule has 0 radical (unpaired) electrons. The molecule has 108 valence electrons. The molecule has 2 heterocycles. The van der Waals surface area contributed by atoms with E-state index in [1.807, 2.05) is 30.2 Å². The number of pyridine rings is 1. The monoisotopic (exact) mass is 272 g/mol. The van der Waals surface area contributed by atoms with Gasteiger partial charge in [0.05, 0.1) is 5.69 Å². The van der Waals surface area contributed by atoms with Crippen LogP contribution in [0.5, 0.6) is 0 Å². The van der Waals surface area contributed by atoms with Crippen LogP contribution in [0.3, 0.4) is 0 Å². The van der Waals surface area contributed by atoms with Gasteiger partial charge in [0.15, 0.2) is 0 Å². The second kappa shape index (κ2) is 6.66. The van der Waals surface area contributed by atoms with E-state index >= 15 is 0 Å². The maximum atomic E-state index is 4.54. The van der Waals surface area contributed by atoms with Crippen molar-refractivity contribution in [2.24, 2.45) is 7.05 Å². The summed E-state index contributed by atoms with van der Waals surface area (Å²) < 4.78 is 1.97. The third-order valence-electron chi connectivity index (χ3n) is 3.72. The van der Waals surface area contributed by atoms with Gasteiger partial charge in [-0.1, -0.05) is 13.0 Å². The molecule has 2 aromatic heterocycles. The first kappa shape index (κ1) is 14.7. The molecule has 4 nitrogen and oxygen atoms in total. The molecule has 1 atom stereocenters. The summed E-state index contributed by atoms with van der Waals surface area (Å²) in [7, 11) is 2.01. The van der Waals surface area contributed by atoms with Gasteiger partial charge < -0.3 is 5.32 Å². The SMILES string of the molecule is CCCNC(Cc1cccnc1)c1c(C)nn(C)c1C. The summed E-state index contributed by atoms with van der Waals surface area (Å²) in [5.41, 5.74) is 4.93. The quantitative estimate of drug-likeness (QED) is 0.879. The van der Waals surface area contributed by atoms with Crippen LogP contribution in [0.15, 0.2) is 24.5 Å². The highest BCUT2D eigenvalue weighted by atomic mass is 15.3. The summed E-state index contributed by atoms with van der Waals surface area (Å²) in [6, 6.07) is 4.43. The van der Waals surface area contributed by atoms with Crippen molar-refractivity contribution >= 4 is 0 Å².